The molecule has 2 fully saturated rings. The Kier molecular flexibility index (Phi) is 4.47. The van der Waals surface area contributed by atoms with E-state index >= 15 is 0 Å². The predicted molar refractivity (Wildman–Crippen MR) is 112 cm³/mol. The molecule has 0 spiro atoms. The average Bonchev–Trinajstić information content (AvgIpc) is 3.28. The predicted octanol–water partition coefficient (Wildman–Crippen LogP) is 1.13. The monoisotopic (exact) mass is 405 g/mol. The molecule has 2 aliphatic rings. The van der Waals surface area contributed by atoms with Crippen molar-refractivity contribution in [2.24, 2.45) is 7.05 Å². The van der Waals surface area contributed by atoms with Gasteiger partial charge in [0, 0.05) is 33.2 Å². The van der Waals surface area contributed by atoms with Crippen LogP contribution in [-0.4, -0.2) is 68.7 Å². The van der Waals surface area contributed by atoms with E-state index in [1.54, 1.807) is 17.2 Å². The van der Waals surface area contributed by atoms with E-state index in [4.69, 9.17) is 0 Å². The van der Waals surface area contributed by atoms with E-state index in [0.717, 1.165) is 35.5 Å². The fourth-order valence-electron chi connectivity index (χ4n) is 4.31. The van der Waals surface area contributed by atoms with Crippen molar-refractivity contribution in [2.75, 3.05) is 36.0 Å². The summed E-state index contributed by atoms with van der Waals surface area (Å²) in [5.74, 6) is 0.598. The number of rotatable bonds is 3. The van der Waals surface area contributed by atoms with Crippen molar-refractivity contribution in [1.29, 1.82) is 0 Å². The Morgan fingerprint density at radius 2 is 1.73 bits per heavy atom. The topological polar surface area (TPSA) is 87.5 Å². The maximum absolute atomic E-state index is 13.0. The van der Waals surface area contributed by atoms with Gasteiger partial charge in [0.05, 0.1) is 29.7 Å². The maximum atomic E-state index is 13.0. The SMILES string of the molecule is Cc1ccc(N2C(=O)C[C@@H](N3CCN(c4ncnc5c4cnn5C)CC3)C2=O)cc1. The van der Waals surface area contributed by atoms with Crippen molar-refractivity contribution in [2.45, 2.75) is 19.4 Å². The number of hydrogen-bond acceptors (Lipinski definition) is 7. The molecule has 1 atom stereocenters. The first kappa shape index (κ1) is 18.7. The second-order valence-electron chi connectivity index (χ2n) is 7.85. The standard InChI is InChI=1S/C21H23N7O2/c1-14-3-5-15(6-4-14)28-18(29)11-17(21(28)30)26-7-9-27(10-8-26)20-16-12-24-25(2)19(16)22-13-23-20/h3-6,12-13,17H,7-11H2,1-2H3/t17-/m1/s1. The van der Waals surface area contributed by atoms with Crippen LogP contribution in [0.2, 0.25) is 0 Å². The third-order valence-corrected chi connectivity index (χ3v) is 5.98. The fourth-order valence-corrected chi connectivity index (χ4v) is 4.31. The van der Waals surface area contributed by atoms with Crippen molar-refractivity contribution in [3.05, 3.63) is 42.4 Å². The molecule has 0 radical (unpaired) electrons. The smallest absolute Gasteiger partial charge is 0.251 e. The number of benzene rings is 1. The largest absolute Gasteiger partial charge is 0.353 e. The molecular formula is C21H23N7O2. The number of anilines is 2. The Bertz CT molecular complexity index is 1120. The third-order valence-electron chi connectivity index (χ3n) is 5.98. The van der Waals surface area contributed by atoms with Crippen LogP contribution >= 0.6 is 0 Å². The molecular weight excluding hydrogens is 382 g/mol. The molecule has 4 heterocycles. The first-order valence-electron chi connectivity index (χ1n) is 10.1. The van der Waals surface area contributed by atoms with Gasteiger partial charge in [-0.05, 0) is 19.1 Å². The van der Waals surface area contributed by atoms with Crippen LogP contribution in [0.3, 0.4) is 0 Å². The van der Waals surface area contributed by atoms with E-state index in [1.807, 2.05) is 38.2 Å². The summed E-state index contributed by atoms with van der Waals surface area (Å²) in [7, 11) is 1.86. The van der Waals surface area contributed by atoms with Gasteiger partial charge in [-0.2, -0.15) is 5.10 Å². The number of carbonyl (C=O) groups is 2. The molecule has 2 aromatic heterocycles. The number of aryl methyl sites for hydroxylation is 2. The van der Waals surface area contributed by atoms with Crippen LogP contribution in [0.4, 0.5) is 11.5 Å². The van der Waals surface area contributed by atoms with Crippen molar-refractivity contribution < 1.29 is 9.59 Å². The van der Waals surface area contributed by atoms with Gasteiger partial charge in [0.2, 0.25) is 5.91 Å². The summed E-state index contributed by atoms with van der Waals surface area (Å²) in [5.41, 5.74) is 2.54. The molecule has 154 valence electrons. The molecule has 0 saturated carbocycles. The highest BCUT2D eigenvalue weighted by atomic mass is 16.2. The van der Waals surface area contributed by atoms with Crippen molar-refractivity contribution in [3.8, 4) is 0 Å². The average molecular weight is 405 g/mol. The molecule has 2 saturated heterocycles. The van der Waals surface area contributed by atoms with Crippen molar-refractivity contribution in [3.63, 3.8) is 0 Å². The van der Waals surface area contributed by atoms with Gasteiger partial charge in [0.25, 0.3) is 5.91 Å². The van der Waals surface area contributed by atoms with Crippen molar-refractivity contribution >= 4 is 34.4 Å². The Hall–Kier alpha value is -3.33. The Balaban J connectivity index is 1.30. The molecule has 1 aromatic carbocycles. The van der Waals surface area contributed by atoms with Crippen LogP contribution in [0.25, 0.3) is 11.0 Å². The summed E-state index contributed by atoms with van der Waals surface area (Å²) in [6.07, 6.45) is 3.58. The van der Waals surface area contributed by atoms with E-state index in [2.05, 4.69) is 24.9 Å². The second-order valence-corrected chi connectivity index (χ2v) is 7.85. The lowest BCUT2D eigenvalue weighted by Gasteiger charge is -2.37. The highest BCUT2D eigenvalue weighted by Gasteiger charge is 2.43. The van der Waals surface area contributed by atoms with Gasteiger partial charge in [-0.15, -0.1) is 0 Å². The molecule has 2 aliphatic heterocycles. The summed E-state index contributed by atoms with van der Waals surface area (Å²) in [6, 6.07) is 7.11. The zero-order chi connectivity index (χ0) is 20.8. The number of nitrogens with zero attached hydrogens (tertiary/aromatic N) is 7. The molecule has 0 N–H and O–H groups in total. The highest BCUT2D eigenvalue weighted by Crippen LogP contribution is 2.28. The quantitative estimate of drug-likeness (QED) is 0.604. The summed E-state index contributed by atoms with van der Waals surface area (Å²) >= 11 is 0. The molecule has 0 bridgehead atoms. The number of piperazine rings is 1. The number of imide groups is 1. The van der Waals surface area contributed by atoms with Gasteiger partial charge in [0.15, 0.2) is 5.65 Å². The molecule has 9 heteroatoms. The van der Waals surface area contributed by atoms with Gasteiger partial charge in [-0.25, -0.2) is 14.9 Å². The van der Waals surface area contributed by atoms with E-state index in [0.29, 0.717) is 18.8 Å². The lowest BCUT2D eigenvalue weighted by Crippen LogP contribution is -2.52. The Labute approximate surface area is 173 Å². The van der Waals surface area contributed by atoms with Gasteiger partial charge in [-0.3, -0.25) is 19.2 Å². The maximum Gasteiger partial charge on any atom is 0.251 e. The molecule has 5 rings (SSSR count). The zero-order valence-corrected chi connectivity index (χ0v) is 17.0. The number of amides is 2. The van der Waals surface area contributed by atoms with Crippen LogP contribution in [0.5, 0.6) is 0 Å². The van der Waals surface area contributed by atoms with Crippen LogP contribution in [-0.2, 0) is 16.6 Å². The summed E-state index contributed by atoms with van der Waals surface area (Å²) in [4.78, 5) is 40.1. The normalized spacial score (nSPS) is 20.5. The third kappa shape index (κ3) is 3.02. The molecule has 0 unspecified atom stereocenters. The summed E-state index contributed by atoms with van der Waals surface area (Å²) < 4.78 is 1.74. The minimum absolute atomic E-state index is 0.131. The minimum atomic E-state index is -0.398. The number of carbonyl (C=O) groups excluding carboxylic acids is 2. The van der Waals surface area contributed by atoms with Gasteiger partial charge < -0.3 is 4.90 Å². The first-order chi connectivity index (χ1) is 14.5. The van der Waals surface area contributed by atoms with Gasteiger partial charge in [-0.1, -0.05) is 17.7 Å². The van der Waals surface area contributed by atoms with E-state index < -0.39 is 6.04 Å². The Morgan fingerprint density at radius 1 is 1.00 bits per heavy atom. The van der Waals surface area contributed by atoms with Crippen LogP contribution in [0.1, 0.15) is 12.0 Å². The van der Waals surface area contributed by atoms with E-state index in [1.165, 1.54) is 4.90 Å². The lowest BCUT2D eigenvalue weighted by molar-refractivity contribution is -0.123. The second kappa shape index (κ2) is 7.17. The zero-order valence-electron chi connectivity index (χ0n) is 17.0. The first-order valence-corrected chi connectivity index (χ1v) is 10.1. The van der Waals surface area contributed by atoms with Gasteiger partial charge >= 0.3 is 0 Å². The summed E-state index contributed by atoms with van der Waals surface area (Å²) in [5, 5.41) is 5.20. The van der Waals surface area contributed by atoms with Crippen molar-refractivity contribution in [1.82, 2.24) is 24.6 Å². The van der Waals surface area contributed by atoms with E-state index in [9.17, 15) is 9.59 Å². The number of hydrogen-bond donors (Lipinski definition) is 0. The lowest BCUT2D eigenvalue weighted by atomic mass is 10.1. The van der Waals surface area contributed by atoms with Crippen LogP contribution in [0, 0.1) is 6.92 Å². The van der Waals surface area contributed by atoms with Crippen LogP contribution in [0.15, 0.2) is 36.8 Å². The fraction of sp³-hybridized carbons (Fsp3) is 0.381. The molecule has 3 aromatic rings. The summed E-state index contributed by atoms with van der Waals surface area (Å²) in [6.45, 7) is 4.82. The minimum Gasteiger partial charge on any atom is -0.353 e. The van der Waals surface area contributed by atoms with Crippen LogP contribution < -0.4 is 9.80 Å². The number of fused-ring (bicyclic) bond motifs is 1. The molecule has 2 amide bonds. The Morgan fingerprint density at radius 3 is 2.47 bits per heavy atom. The highest BCUT2D eigenvalue weighted by molar-refractivity contribution is 6.22. The molecule has 9 nitrogen and oxygen atoms in total. The molecule has 0 aliphatic carbocycles. The molecule has 30 heavy (non-hydrogen) atoms. The van der Waals surface area contributed by atoms with Gasteiger partial charge in [0.1, 0.15) is 12.1 Å². The number of aromatic nitrogens is 4. The van der Waals surface area contributed by atoms with E-state index in [-0.39, 0.29) is 18.2 Å².